The van der Waals surface area contributed by atoms with Gasteiger partial charge in [-0.3, -0.25) is 0 Å². The van der Waals surface area contributed by atoms with E-state index in [1.165, 1.54) is 6.42 Å². The van der Waals surface area contributed by atoms with Crippen LogP contribution in [0.5, 0.6) is 0 Å². The standard InChI is InChI=1S/C17H17N3O3S2/c21-25(22,18-10-12-5-2-1-3-6-12)15-9-14(11-24-15)16-19-17(23-20-16)13-7-4-8-13/h1-3,5-6,9,11,13,18H,4,7-8,10H2. The predicted octanol–water partition coefficient (Wildman–Crippen LogP) is 3.54. The van der Waals surface area contributed by atoms with Crippen LogP contribution in [0.15, 0.2) is 50.5 Å². The number of nitrogens with zero attached hydrogens (tertiary/aromatic N) is 2. The molecule has 3 aromatic rings. The Balaban J connectivity index is 1.48. The van der Waals surface area contributed by atoms with Crippen molar-refractivity contribution < 1.29 is 12.9 Å². The molecule has 1 aliphatic rings. The van der Waals surface area contributed by atoms with Gasteiger partial charge < -0.3 is 4.52 Å². The molecule has 1 aromatic carbocycles. The van der Waals surface area contributed by atoms with Crippen molar-refractivity contribution in [3.63, 3.8) is 0 Å². The van der Waals surface area contributed by atoms with Gasteiger partial charge in [-0.15, -0.1) is 11.3 Å². The molecule has 8 heteroatoms. The second kappa shape index (κ2) is 6.70. The Hall–Kier alpha value is -2.03. The molecule has 25 heavy (non-hydrogen) atoms. The second-order valence-electron chi connectivity index (χ2n) is 6.05. The summed E-state index contributed by atoms with van der Waals surface area (Å²) in [6.07, 6.45) is 3.35. The van der Waals surface area contributed by atoms with Gasteiger partial charge in [-0.25, -0.2) is 13.1 Å². The molecule has 2 heterocycles. The monoisotopic (exact) mass is 375 g/mol. The molecule has 0 spiro atoms. The van der Waals surface area contributed by atoms with Gasteiger partial charge in [0, 0.05) is 23.4 Å². The molecule has 0 saturated heterocycles. The fourth-order valence-electron chi connectivity index (χ4n) is 2.59. The van der Waals surface area contributed by atoms with Crippen LogP contribution in [0.4, 0.5) is 0 Å². The number of thiophene rings is 1. The van der Waals surface area contributed by atoms with E-state index in [1.807, 2.05) is 30.3 Å². The highest BCUT2D eigenvalue weighted by atomic mass is 32.2. The molecule has 1 N–H and O–H groups in total. The van der Waals surface area contributed by atoms with E-state index < -0.39 is 10.0 Å². The fourth-order valence-corrected chi connectivity index (χ4v) is 4.81. The molecule has 0 atom stereocenters. The van der Waals surface area contributed by atoms with E-state index in [-0.39, 0.29) is 10.8 Å². The lowest BCUT2D eigenvalue weighted by Gasteiger charge is -2.20. The van der Waals surface area contributed by atoms with Crippen LogP contribution in [0.2, 0.25) is 0 Å². The van der Waals surface area contributed by atoms with Crippen LogP contribution in [-0.4, -0.2) is 18.6 Å². The average Bonchev–Trinajstić information content (AvgIpc) is 3.22. The summed E-state index contributed by atoms with van der Waals surface area (Å²) < 4.78 is 33.1. The quantitative estimate of drug-likeness (QED) is 0.712. The van der Waals surface area contributed by atoms with Gasteiger partial charge in [0.2, 0.25) is 21.7 Å². The van der Waals surface area contributed by atoms with Gasteiger partial charge in [-0.1, -0.05) is 41.9 Å². The molecular weight excluding hydrogens is 358 g/mol. The van der Waals surface area contributed by atoms with E-state index in [1.54, 1.807) is 11.4 Å². The largest absolute Gasteiger partial charge is 0.339 e. The molecular formula is C17H17N3O3S2. The van der Waals surface area contributed by atoms with Crippen LogP contribution in [0.1, 0.15) is 36.6 Å². The number of hydrogen-bond acceptors (Lipinski definition) is 6. The summed E-state index contributed by atoms with van der Waals surface area (Å²) >= 11 is 1.15. The van der Waals surface area contributed by atoms with Crippen LogP contribution >= 0.6 is 11.3 Å². The number of benzene rings is 1. The van der Waals surface area contributed by atoms with Crippen molar-refractivity contribution in [2.24, 2.45) is 0 Å². The topological polar surface area (TPSA) is 85.1 Å². The van der Waals surface area contributed by atoms with Gasteiger partial charge >= 0.3 is 0 Å². The number of hydrogen-bond donors (Lipinski definition) is 1. The van der Waals surface area contributed by atoms with Crippen molar-refractivity contribution in [1.82, 2.24) is 14.9 Å². The summed E-state index contributed by atoms with van der Waals surface area (Å²) in [5.41, 5.74) is 1.57. The molecule has 1 fully saturated rings. The molecule has 1 saturated carbocycles. The van der Waals surface area contributed by atoms with Crippen molar-refractivity contribution in [2.45, 2.75) is 35.9 Å². The molecule has 2 aromatic heterocycles. The molecule has 0 bridgehead atoms. The zero-order valence-electron chi connectivity index (χ0n) is 13.4. The van der Waals surface area contributed by atoms with Crippen molar-refractivity contribution in [3.05, 3.63) is 53.2 Å². The molecule has 130 valence electrons. The zero-order valence-corrected chi connectivity index (χ0v) is 15.0. The smallest absolute Gasteiger partial charge is 0.250 e. The first-order valence-corrected chi connectivity index (χ1v) is 10.4. The highest BCUT2D eigenvalue weighted by molar-refractivity contribution is 7.91. The Kier molecular flexibility index (Phi) is 4.41. The van der Waals surface area contributed by atoms with E-state index in [4.69, 9.17) is 4.52 Å². The van der Waals surface area contributed by atoms with Gasteiger partial charge in [0.15, 0.2) is 0 Å². The van der Waals surface area contributed by atoms with Gasteiger partial charge in [-0.2, -0.15) is 4.98 Å². The first-order valence-electron chi connectivity index (χ1n) is 8.08. The van der Waals surface area contributed by atoms with Gasteiger partial charge in [0.25, 0.3) is 0 Å². The summed E-state index contributed by atoms with van der Waals surface area (Å²) in [5.74, 6) is 1.46. The van der Waals surface area contributed by atoms with E-state index in [9.17, 15) is 8.42 Å². The Morgan fingerprint density at radius 2 is 2.04 bits per heavy atom. The van der Waals surface area contributed by atoms with Crippen LogP contribution in [0, 0.1) is 0 Å². The number of rotatable bonds is 6. The lowest BCUT2D eigenvalue weighted by molar-refractivity contribution is 0.292. The van der Waals surface area contributed by atoms with Gasteiger partial charge in [0.05, 0.1) is 0 Å². The van der Waals surface area contributed by atoms with Crippen molar-refractivity contribution in [2.75, 3.05) is 0 Å². The number of aromatic nitrogens is 2. The molecule has 0 unspecified atom stereocenters. The summed E-state index contributed by atoms with van der Waals surface area (Å²) in [7, 11) is -3.57. The summed E-state index contributed by atoms with van der Waals surface area (Å²) in [4.78, 5) is 4.41. The van der Waals surface area contributed by atoms with Crippen molar-refractivity contribution >= 4 is 21.4 Å². The molecule has 0 amide bonds. The van der Waals surface area contributed by atoms with Crippen LogP contribution in [-0.2, 0) is 16.6 Å². The summed E-state index contributed by atoms with van der Waals surface area (Å²) in [5, 5.41) is 5.73. The Labute approximate surface area is 150 Å². The molecule has 0 radical (unpaired) electrons. The molecule has 0 aliphatic heterocycles. The lowest BCUT2D eigenvalue weighted by atomic mass is 9.85. The van der Waals surface area contributed by atoms with E-state index >= 15 is 0 Å². The minimum Gasteiger partial charge on any atom is -0.339 e. The van der Waals surface area contributed by atoms with E-state index in [2.05, 4.69) is 14.9 Å². The maximum absolute atomic E-state index is 12.5. The molecule has 1 aliphatic carbocycles. The van der Waals surface area contributed by atoms with Crippen molar-refractivity contribution in [3.8, 4) is 11.4 Å². The fraction of sp³-hybridized carbons (Fsp3) is 0.294. The number of nitrogens with one attached hydrogen (secondary N) is 1. The first-order chi connectivity index (χ1) is 12.1. The van der Waals surface area contributed by atoms with Crippen LogP contribution in [0.3, 0.4) is 0 Å². The van der Waals surface area contributed by atoms with E-state index in [0.717, 1.165) is 29.7 Å². The van der Waals surface area contributed by atoms with E-state index in [0.29, 0.717) is 23.2 Å². The van der Waals surface area contributed by atoms with Gasteiger partial charge in [-0.05, 0) is 24.5 Å². The minimum absolute atomic E-state index is 0.244. The van der Waals surface area contributed by atoms with Crippen LogP contribution < -0.4 is 4.72 Å². The van der Waals surface area contributed by atoms with Gasteiger partial charge in [0.1, 0.15) is 4.21 Å². The summed E-state index contributed by atoms with van der Waals surface area (Å²) in [6, 6.07) is 11.0. The average molecular weight is 375 g/mol. The third kappa shape index (κ3) is 3.51. The number of sulfonamides is 1. The molecule has 4 rings (SSSR count). The third-order valence-corrected chi connectivity index (χ3v) is 7.14. The lowest BCUT2D eigenvalue weighted by Crippen LogP contribution is -2.22. The normalized spacial score (nSPS) is 15.2. The second-order valence-corrected chi connectivity index (χ2v) is 8.95. The highest BCUT2D eigenvalue weighted by Gasteiger charge is 2.26. The summed E-state index contributed by atoms with van der Waals surface area (Å²) in [6.45, 7) is 0.254. The Bertz CT molecular complexity index is 960. The Morgan fingerprint density at radius 1 is 1.24 bits per heavy atom. The molecule has 6 nitrogen and oxygen atoms in total. The highest BCUT2D eigenvalue weighted by Crippen LogP contribution is 2.36. The minimum atomic E-state index is -3.57. The van der Waals surface area contributed by atoms with Crippen LogP contribution in [0.25, 0.3) is 11.4 Å². The van der Waals surface area contributed by atoms with Crippen molar-refractivity contribution in [1.29, 1.82) is 0 Å². The SMILES string of the molecule is O=S(=O)(NCc1ccccc1)c1cc(-c2noc(C3CCC3)n2)cs1. The third-order valence-electron chi connectivity index (χ3n) is 4.30. The maximum atomic E-state index is 12.5. The zero-order chi connectivity index (χ0) is 17.3. The first kappa shape index (κ1) is 16.4. The Morgan fingerprint density at radius 3 is 2.76 bits per heavy atom. The maximum Gasteiger partial charge on any atom is 0.250 e. The predicted molar refractivity (Wildman–Crippen MR) is 94.7 cm³/mol.